The topological polar surface area (TPSA) is 51.2 Å². The molecule has 20 heavy (non-hydrogen) atoms. The van der Waals surface area contributed by atoms with E-state index in [1.807, 2.05) is 18.7 Å². The molecule has 5 heteroatoms. The molecule has 2 unspecified atom stereocenters. The van der Waals surface area contributed by atoms with Gasteiger partial charge in [0.25, 0.3) is 0 Å². The summed E-state index contributed by atoms with van der Waals surface area (Å²) in [5, 5.41) is 4.06. The van der Waals surface area contributed by atoms with Crippen molar-refractivity contribution in [3.63, 3.8) is 0 Å². The van der Waals surface area contributed by atoms with Crippen molar-refractivity contribution < 1.29 is 9.53 Å². The number of carbonyl (C=O) groups excluding carboxylic acids is 1. The Kier molecular flexibility index (Phi) is 5.71. The van der Waals surface area contributed by atoms with Crippen LogP contribution in [0.15, 0.2) is 18.3 Å². The number of anilines is 1. The first-order chi connectivity index (χ1) is 9.76. The van der Waals surface area contributed by atoms with E-state index in [0.717, 1.165) is 12.2 Å². The van der Waals surface area contributed by atoms with E-state index < -0.39 is 0 Å². The first kappa shape index (κ1) is 15.2. The van der Waals surface area contributed by atoms with Gasteiger partial charge in [-0.2, -0.15) is 11.8 Å². The summed E-state index contributed by atoms with van der Waals surface area (Å²) in [6.45, 7) is 4.38. The van der Waals surface area contributed by atoms with Gasteiger partial charge in [-0.3, -0.25) is 0 Å². The fourth-order valence-electron chi connectivity index (χ4n) is 2.57. The van der Waals surface area contributed by atoms with Crippen molar-refractivity contribution in [2.75, 3.05) is 17.7 Å². The van der Waals surface area contributed by atoms with E-state index >= 15 is 0 Å². The molecule has 0 aromatic carbocycles. The zero-order valence-electron chi connectivity index (χ0n) is 12.1. The summed E-state index contributed by atoms with van der Waals surface area (Å²) in [4.78, 5) is 16.3. The van der Waals surface area contributed by atoms with Gasteiger partial charge in [-0.05, 0) is 37.7 Å². The predicted molar refractivity (Wildman–Crippen MR) is 83.4 cm³/mol. The molecule has 1 aromatic heterocycles. The minimum absolute atomic E-state index is 0.305. The maximum absolute atomic E-state index is 11.9. The minimum Gasteiger partial charge on any atom is -0.462 e. The Labute approximate surface area is 124 Å². The molecule has 0 saturated heterocycles. The summed E-state index contributed by atoms with van der Waals surface area (Å²) in [5.74, 6) is 1.47. The maximum Gasteiger partial charge on any atom is 0.341 e. The number of rotatable bonds is 6. The second-order valence-electron chi connectivity index (χ2n) is 4.80. The number of nitrogens with zero attached hydrogens (tertiary/aromatic N) is 1. The molecule has 1 saturated carbocycles. The average molecular weight is 294 g/mol. The van der Waals surface area contributed by atoms with Crippen LogP contribution < -0.4 is 5.32 Å². The molecule has 2 rings (SSSR count). The van der Waals surface area contributed by atoms with Crippen LogP contribution >= 0.6 is 11.8 Å². The Balaban J connectivity index is 2.10. The molecule has 0 bridgehead atoms. The van der Waals surface area contributed by atoms with Crippen LogP contribution in [0.2, 0.25) is 0 Å². The highest BCUT2D eigenvalue weighted by Crippen LogP contribution is 2.32. The van der Waals surface area contributed by atoms with Gasteiger partial charge in [0.15, 0.2) is 0 Å². The highest BCUT2D eigenvalue weighted by atomic mass is 32.2. The number of nitrogens with one attached hydrogen (secondary N) is 1. The highest BCUT2D eigenvalue weighted by molar-refractivity contribution is 7.99. The molecule has 1 aliphatic carbocycles. The lowest BCUT2D eigenvalue weighted by Crippen LogP contribution is -2.28. The van der Waals surface area contributed by atoms with Crippen molar-refractivity contribution in [1.82, 2.24) is 4.98 Å². The van der Waals surface area contributed by atoms with E-state index in [2.05, 4.69) is 17.2 Å². The van der Waals surface area contributed by atoms with Crippen molar-refractivity contribution in [2.45, 2.75) is 44.4 Å². The standard InChI is InChI=1S/C15H22N2O2S/c1-3-19-15(18)11-7-6-10-16-14(11)17-12-8-5-9-13(12)20-4-2/h6-7,10,12-13H,3-5,8-9H2,1-2H3,(H,16,17). The van der Waals surface area contributed by atoms with Crippen LogP contribution in [-0.4, -0.2) is 34.6 Å². The number of hydrogen-bond donors (Lipinski definition) is 1. The van der Waals surface area contributed by atoms with Gasteiger partial charge in [-0.25, -0.2) is 9.78 Å². The summed E-state index contributed by atoms with van der Waals surface area (Å²) >= 11 is 1.98. The molecule has 0 spiro atoms. The van der Waals surface area contributed by atoms with Gasteiger partial charge in [-0.1, -0.05) is 13.3 Å². The summed E-state index contributed by atoms with van der Waals surface area (Å²) < 4.78 is 5.08. The maximum atomic E-state index is 11.9. The fraction of sp³-hybridized carbons (Fsp3) is 0.600. The zero-order chi connectivity index (χ0) is 14.4. The lowest BCUT2D eigenvalue weighted by molar-refractivity contribution is 0.0527. The summed E-state index contributed by atoms with van der Waals surface area (Å²) in [5.41, 5.74) is 0.529. The second-order valence-corrected chi connectivity index (χ2v) is 6.31. The number of carbonyl (C=O) groups is 1. The SMILES string of the molecule is CCOC(=O)c1cccnc1NC1CCCC1SCC. The van der Waals surface area contributed by atoms with Crippen molar-refractivity contribution in [1.29, 1.82) is 0 Å². The average Bonchev–Trinajstić information content (AvgIpc) is 2.87. The van der Waals surface area contributed by atoms with E-state index in [1.165, 1.54) is 12.8 Å². The molecule has 2 atom stereocenters. The second kappa shape index (κ2) is 7.53. The van der Waals surface area contributed by atoms with Crippen LogP contribution in [0, 0.1) is 0 Å². The van der Waals surface area contributed by atoms with Crippen LogP contribution in [0.25, 0.3) is 0 Å². The van der Waals surface area contributed by atoms with E-state index in [-0.39, 0.29) is 5.97 Å². The Morgan fingerprint density at radius 3 is 3.10 bits per heavy atom. The molecule has 1 aliphatic rings. The smallest absolute Gasteiger partial charge is 0.341 e. The first-order valence-electron chi connectivity index (χ1n) is 7.26. The highest BCUT2D eigenvalue weighted by Gasteiger charge is 2.28. The normalized spacial score (nSPS) is 21.7. The third-order valence-corrected chi connectivity index (χ3v) is 4.78. The number of thioether (sulfide) groups is 1. The molecule has 4 nitrogen and oxygen atoms in total. The fourth-order valence-corrected chi connectivity index (χ4v) is 3.77. The van der Waals surface area contributed by atoms with Crippen molar-refractivity contribution in [2.24, 2.45) is 0 Å². The van der Waals surface area contributed by atoms with Crippen molar-refractivity contribution >= 4 is 23.5 Å². The minimum atomic E-state index is -0.305. The largest absolute Gasteiger partial charge is 0.462 e. The molecule has 1 aromatic rings. The van der Waals surface area contributed by atoms with Gasteiger partial charge in [0.2, 0.25) is 0 Å². The van der Waals surface area contributed by atoms with Gasteiger partial charge in [0, 0.05) is 17.5 Å². The zero-order valence-corrected chi connectivity index (χ0v) is 12.9. The monoisotopic (exact) mass is 294 g/mol. The molecule has 110 valence electrons. The van der Waals surface area contributed by atoms with Crippen LogP contribution in [0.3, 0.4) is 0 Å². The van der Waals surface area contributed by atoms with E-state index in [1.54, 1.807) is 18.3 Å². The number of aromatic nitrogens is 1. The molecular formula is C15H22N2O2S. The van der Waals surface area contributed by atoms with E-state index in [9.17, 15) is 4.79 Å². The number of hydrogen-bond acceptors (Lipinski definition) is 5. The molecule has 0 amide bonds. The Morgan fingerprint density at radius 1 is 1.50 bits per heavy atom. The van der Waals surface area contributed by atoms with E-state index in [0.29, 0.717) is 29.3 Å². The summed E-state index contributed by atoms with van der Waals surface area (Å²) in [6, 6.07) is 3.93. The molecule has 0 aliphatic heterocycles. The Hall–Kier alpha value is -1.23. The lowest BCUT2D eigenvalue weighted by atomic mass is 10.2. The predicted octanol–water partition coefficient (Wildman–Crippen LogP) is 3.34. The Morgan fingerprint density at radius 2 is 2.35 bits per heavy atom. The molecule has 1 fully saturated rings. The van der Waals surface area contributed by atoms with Crippen molar-refractivity contribution in [3.05, 3.63) is 23.9 Å². The van der Waals surface area contributed by atoms with Crippen LogP contribution in [0.1, 0.15) is 43.5 Å². The van der Waals surface area contributed by atoms with Crippen LogP contribution in [0.5, 0.6) is 0 Å². The number of pyridine rings is 1. The van der Waals surface area contributed by atoms with Crippen molar-refractivity contribution in [3.8, 4) is 0 Å². The van der Waals surface area contributed by atoms with Gasteiger partial charge in [-0.15, -0.1) is 0 Å². The number of esters is 1. The van der Waals surface area contributed by atoms with Crippen LogP contribution in [0.4, 0.5) is 5.82 Å². The molecule has 1 N–H and O–H groups in total. The quantitative estimate of drug-likeness (QED) is 0.815. The lowest BCUT2D eigenvalue weighted by Gasteiger charge is -2.21. The third-order valence-electron chi connectivity index (χ3n) is 3.46. The summed E-state index contributed by atoms with van der Waals surface area (Å²) in [7, 11) is 0. The first-order valence-corrected chi connectivity index (χ1v) is 8.31. The van der Waals surface area contributed by atoms with Gasteiger partial charge in [0.1, 0.15) is 11.4 Å². The Bertz CT molecular complexity index is 453. The van der Waals surface area contributed by atoms with Gasteiger partial charge in [0.05, 0.1) is 6.61 Å². The summed E-state index contributed by atoms with van der Waals surface area (Å²) in [6.07, 6.45) is 5.31. The number of ether oxygens (including phenoxy) is 1. The van der Waals surface area contributed by atoms with Crippen LogP contribution in [-0.2, 0) is 4.74 Å². The molecule has 1 heterocycles. The third kappa shape index (κ3) is 3.66. The molecular weight excluding hydrogens is 272 g/mol. The van der Waals surface area contributed by atoms with Gasteiger partial charge < -0.3 is 10.1 Å². The molecule has 0 radical (unpaired) electrons. The van der Waals surface area contributed by atoms with Gasteiger partial charge >= 0.3 is 5.97 Å². The van der Waals surface area contributed by atoms with E-state index in [4.69, 9.17) is 4.74 Å².